The molecule has 0 saturated carbocycles. The third-order valence-electron chi connectivity index (χ3n) is 2.38. The molecular formula is C14H23N3O2. The number of hydrogen-bond acceptors (Lipinski definition) is 4. The summed E-state index contributed by atoms with van der Waals surface area (Å²) in [6, 6.07) is 5.81. The van der Waals surface area contributed by atoms with Gasteiger partial charge in [0.1, 0.15) is 11.4 Å². The SMILES string of the molecule is CN(CCCNC(=O)OC(C)(C)C)c1ccccn1. The molecule has 1 aromatic rings. The normalized spacial score (nSPS) is 10.9. The predicted octanol–water partition coefficient (Wildman–Crippen LogP) is 2.43. The Bertz CT molecular complexity index is 387. The molecule has 1 rings (SSSR count). The van der Waals surface area contributed by atoms with E-state index >= 15 is 0 Å². The zero-order valence-corrected chi connectivity index (χ0v) is 12.1. The summed E-state index contributed by atoms with van der Waals surface area (Å²) in [6.07, 6.45) is 2.24. The summed E-state index contributed by atoms with van der Waals surface area (Å²) in [6.45, 7) is 6.96. The van der Waals surface area contributed by atoms with E-state index in [0.717, 1.165) is 18.8 Å². The number of hydrogen-bond donors (Lipinski definition) is 1. The van der Waals surface area contributed by atoms with Crippen LogP contribution in [0.25, 0.3) is 0 Å². The number of ether oxygens (including phenoxy) is 1. The van der Waals surface area contributed by atoms with Crippen molar-refractivity contribution >= 4 is 11.9 Å². The molecule has 1 aromatic heterocycles. The van der Waals surface area contributed by atoms with Gasteiger partial charge in [0.05, 0.1) is 0 Å². The molecule has 0 aliphatic carbocycles. The molecule has 0 aliphatic heterocycles. The van der Waals surface area contributed by atoms with Crippen LogP contribution < -0.4 is 10.2 Å². The molecule has 5 heteroatoms. The highest BCUT2D eigenvalue weighted by atomic mass is 16.6. The van der Waals surface area contributed by atoms with Gasteiger partial charge >= 0.3 is 6.09 Å². The molecule has 0 bridgehead atoms. The molecule has 0 saturated heterocycles. The lowest BCUT2D eigenvalue weighted by molar-refractivity contribution is 0.0527. The maximum Gasteiger partial charge on any atom is 0.407 e. The van der Waals surface area contributed by atoms with Crippen LogP contribution in [0.1, 0.15) is 27.2 Å². The second kappa shape index (κ2) is 6.97. The number of pyridine rings is 1. The number of amides is 1. The first-order valence-electron chi connectivity index (χ1n) is 6.47. The van der Waals surface area contributed by atoms with Crippen molar-refractivity contribution in [3.8, 4) is 0 Å². The van der Waals surface area contributed by atoms with Crippen LogP contribution >= 0.6 is 0 Å². The number of nitrogens with zero attached hydrogens (tertiary/aromatic N) is 2. The topological polar surface area (TPSA) is 54.5 Å². The van der Waals surface area contributed by atoms with E-state index in [1.807, 2.05) is 46.0 Å². The fourth-order valence-electron chi connectivity index (χ4n) is 1.51. The maximum atomic E-state index is 11.4. The van der Waals surface area contributed by atoms with Gasteiger partial charge in [-0.05, 0) is 39.3 Å². The maximum absolute atomic E-state index is 11.4. The summed E-state index contributed by atoms with van der Waals surface area (Å²) in [5, 5.41) is 2.74. The van der Waals surface area contributed by atoms with E-state index in [9.17, 15) is 4.79 Å². The molecule has 0 fully saturated rings. The highest BCUT2D eigenvalue weighted by molar-refractivity contribution is 5.67. The van der Waals surface area contributed by atoms with E-state index in [1.54, 1.807) is 6.20 Å². The molecular weight excluding hydrogens is 242 g/mol. The van der Waals surface area contributed by atoms with Crippen molar-refractivity contribution in [1.29, 1.82) is 0 Å². The smallest absolute Gasteiger partial charge is 0.407 e. The van der Waals surface area contributed by atoms with Gasteiger partial charge in [-0.2, -0.15) is 0 Å². The van der Waals surface area contributed by atoms with Crippen LogP contribution in [0.15, 0.2) is 24.4 Å². The summed E-state index contributed by atoms with van der Waals surface area (Å²) in [5.41, 5.74) is -0.450. The predicted molar refractivity (Wildman–Crippen MR) is 76.4 cm³/mol. The number of carbonyl (C=O) groups excluding carboxylic acids is 1. The van der Waals surface area contributed by atoms with Crippen LogP contribution in [0.3, 0.4) is 0 Å². The molecule has 0 unspecified atom stereocenters. The van der Waals surface area contributed by atoms with Crippen molar-refractivity contribution in [2.75, 3.05) is 25.0 Å². The summed E-state index contributed by atoms with van der Waals surface area (Å²) < 4.78 is 5.15. The van der Waals surface area contributed by atoms with Gasteiger partial charge in [-0.3, -0.25) is 0 Å². The van der Waals surface area contributed by atoms with Gasteiger partial charge in [0, 0.05) is 26.3 Å². The number of rotatable bonds is 5. The molecule has 106 valence electrons. The van der Waals surface area contributed by atoms with Gasteiger partial charge in [-0.25, -0.2) is 9.78 Å². The summed E-state index contributed by atoms with van der Waals surface area (Å²) in [5.74, 6) is 0.930. The highest BCUT2D eigenvalue weighted by Gasteiger charge is 2.15. The van der Waals surface area contributed by atoms with Gasteiger partial charge < -0.3 is 15.0 Å². The highest BCUT2D eigenvalue weighted by Crippen LogP contribution is 2.07. The van der Waals surface area contributed by atoms with Crippen LogP contribution in [0.2, 0.25) is 0 Å². The van der Waals surface area contributed by atoms with E-state index in [0.29, 0.717) is 6.54 Å². The van der Waals surface area contributed by atoms with Gasteiger partial charge in [0.2, 0.25) is 0 Å². The second-order valence-electron chi connectivity index (χ2n) is 5.39. The third kappa shape index (κ3) is 6.64. The standard InChI is InChI=1S/C14H23N3O2/c1-14(2,3)19-13(18)16-10-7-11-17(4)12-8-5-6-9-15-12/h5-6,8-9H,7,10-11H2,1-4H3,(H,16,18). The van der Waals surface area contributed by atoms with Crippen molar-refractivity contribution in [3.05, 3.63) is 24.4 Å². The minimum Gasteiger partial charge on any atom is -0.444 e. The number of aromatic nitrogens is 1. The average Bonchev–Trinajstić information content (AvgIpc) is 2.33. The Kier molecular flexibility index (Phi) is 5.60. The van der Waals surface area contributed by atoms with Crippen LogP contribution in [0.4, 0.5) is 10.6 Å². The zero-order chi connectivity index (χ0) is 14.3. The number of carbonyl (C=O) groups is 1. The first kappa shape index (κ1) is 15.3. The molecule has 1 heterocycles. The Labute approximate surface area is 115 Å². The zero-order valence-electron chi connectivity index (χ0n) is 12.1. The fraction of sp³-hybridized carbons (Fsp3) is 0.571. The van der Waals surface area contributed by atoms with Gasteiger partial charge in [-0.15, -0.1) is 0 Å². The molecule has 0 aromatic carbocycles. The fourth-order valence-corrected chi connectivity index (χ4v) is 1.51. The van der Waals surface area contributed by atoms with Crippen molar-refractivity contribution in [3.63, 3.8) is 0 Å². The van der Waals surface area contributed by atoms with Crippen molar-refractivity contribution in [2.24, 2.45) is 0 Å². The lowest BCUT2D eigenvalue weighted by atomic mass is 10.2. The molecule has 0 atom stereocenters. The summed E-state index contributed by atoms with van der Waals surface area (Å²) in [4.78, 5) is 17.7. The third-order valence-corrected chi connectivity index (χ3v) is 2.38. The quantitative estimate of drug-likeness (QED) is 0.831. The van der Waals surface area contributed by atoms with E-state index in [1.165, 1.54) is 0 Å². The van der Waals surface area contributed by atoms with Gasteiger partial charge in [-0.1, -0.05) is 6.07 Å². The molecule has 0 aliphatic rings. The molecule has 5 nitrogen and oxygen atoms in total. The number of nitrogens with one attached hydrogen (secondary N) is 1. The Morgan fingerprint density at radius 3 is 2.74 bits per heavy atom. The van der Waals surface area contributed by atoms with Crippen molar-refractivity contribution < 1.29 is 9.53 Å². The molecule has 1 N–H and O–H groups in total. The van der Waals surface area contributed by atoms with E-state index in [-0.39, 0.29) is 6.09 Å². The van der Waals surface area contributed by atoms with Crippen molar-refractivity contribution in [1.82, 2.24) is 10.3 Å². The number of alkyl carbamates (subject to hydrolysis) is 1. The lowest BCUT2D eigenvalue weighted by Crippen LogP contribution is -2.34. The summed E-state index contributed by atoms with van der Waals surface area (Å²) in [7, 11) is 1.98. The Balaban J connectivity index is 2.19. The Hall–Kier alpha value is -1.78. The van der Waals surface area contributed by atoms with Crippen LogP contribution in [-0.4, -0.2) is 36.8 Å². The summed E-state index contributed by atoms with van der Waals surface area (Å²) >= 11 is 0. The second-order valence-corrected chi connectivity index (χ2v) is 5.39. The van der Waals surface area contributed by atoms with E-state index in [2.05, 4.69) is 15.2 Å². The lowest BCUT2D eigenvalue weighted by Gasteiger charge is -2.20. The minimum absolute atomic E-state index is 0.368. The van der Waals surface area contributed by atoms with Crippen molar-refractivity contribution in [2.45, 2.75) is 32.8 Å². The van der Waals surface area contributed by atoms with Crippen LogP contribution in [-0.2, 0) is 4.74 Å². The number of anilines is 1. The van der Waals surface area contributed by atoms with Gasteiger partial charge in [0.25, 0.3) is 0 Å². The first-order chi connectivity index (χ1) is 8.88. The molecule has 0 radical (unpaired) electrons. The van der Waals surface area contributed by atoms with Gasteiger partial charge in [0.15, 0.2) is 0 Å². The van der Waals surface area contributed by atoms with E-state index in [4.69, 9.17) is 4.74 Å². The average molecular weight is 265 g/mol. The Morgan fingerprint density at radius 2 is 2.16 bits per heavy atom. The first-order valence-corrected chi connectivity index (χ1v) is 6.47. The van der Waals surface area contributed by atoms with Crippen LogP contribution in [0, 0.1) is 0 Å². The Morgan fingerprint density at radius 1 is 1.42 bits per heavy atom. The van der Waals surface area contributed by atoms with E-state index < -0.39 is 5.60 Å². The van der Waals surface area contributed by atoms with Crippen LogP contribution in [0.5, 0.6) is 0 Å². The molecule has 0 spiro atoms. The monoisotopic (exact) mass is 265 g/mol. The largest absolute Gasteiger partial charge is 0.444 e. The molecule has 19 heavy (non-hydrogen) atoms. The molecule has 1 amide bonds. The minimum atomic E-state index is -0.450.